The predicted molar refractivity (Wildman–Crippen MR) is 65.9 cm³/mol. The third-order valence-corrected chi connectivity index (χ3v) is 3.52. The third kappa shape index (κ3) is 1.55. The SMILES string of the molecule is CC1CNc2c1ccc1c(C(F)(F)F)cccc21. The Kier molecular flexibility index (Phi) is 2.30. The summed E-state index contributed by atoms with van der Waals surface area (Å²) in [5, 5.41) is 4.13. The average molecular weight is 251 g/mol. The van der Waals surface area contributed by atoms with Gasteiger partial charge in [-0.25, -0.2) is 0 Å². The fourth-order valence-electron chi connectivity index (χ4n) is 2.59. The van der Waals surface area contributed by atoms with E-state index >= 15 is 0 Å². The number of hydrogen-bond donors (Lipinski definition) is 1. The Morgan fingerprint density at radius 1 is 1.11 bits per heavy atom. The first-order valence-corrected chi connectivity index (χ1v) is 5.85. The first-order chi connectivity index (χ1) is 8.48. The summed E-state index contributed by atoms with van der Waals surface area (Å²) in [6.07, 6.45) is -4.31. The number of nitrogens with one attached hydrogen (secondary N) is 1. The lowest BCUT2D eigenvalue weighted by Gasteiger charge is -2.13. The van der Waals surface area contributed by atoms with Crippen molar-refractivity contribution in [3.05, 3.63) is 41.5 Å². The van der Waals surface area contributed by atoms with Crippen molar-refractivity contribution in [2.24, 2.45) is 0 Å². The minimum absolute atomic E-state index is 0.269. The van der Waals surface area contributed by atoms with E-state index in [0.29, 0.717) is 11.3 Å². The first-order valence-electron chi connectivity index (χ1n) is 5.85. The molecule has 1 aliphatic rings. The normalized spacial score (nSPS) is 18.8. The zero-order valence-corrected chi connectivity index (χ0v) is 9.81. The summed E-state index contributed by atoms with van der Waals surface area (Å²) in [4.78, 5) is 0. The van der Waals surface area contributed by atoms with E-state index in [1.165, 1.54) is 6.07 Å². The number of rotatable bonds is 0. The van der Waals surface area contributed by atoms with Crippen LogP contribution in [-0.2, 0) is 6.18 Å². The molecule has 1 heterocycles. The van der Waals surface area contributed by atoms with Crippen LogP contribution in [0.1, 0.15) is 24.0 Å². The number of alkyl halides is 3. The molecule has 1 N–H and O–H groups in total. The van der Waals surface area contributed by atoms with Crippen molar-refractivity contribution < 1.29 is 13.2 Å². The molecule has 4 heteroatoms. The molecule has 3 rings (SSSR count). The van der Waals surface area contributed by atoms with Crippen LogP contribution in [0.15, 0.2) is 30.3 Å². The van der Waals surface area contributed by atoms with Crippen molar-refractivity contribution >= 4 is 16.5 Å². The van der Waals surface area contributed by atoms with Crippen LogP contribution in [0.25, 0.3) is 10.8 Å². The minimum Gasteiger partial charge on any atom is -0.384 e. The fraction of sp³-hybridized carbons (Fsp3) is 0.286. The van der Waals surface area contributed by atoms with Gasteiger partial charge in [-0.2, -0.15) is 13.2 Å². The molecule has 0 aliphatic carbocycles. The van der Waals surface area contributed by atoms with Gasteiger partial charge in [0.15, 0.2) is 0 Å². The maximum atomic E-state index is 12.9. The van der Waals surface area contributed by atoms with Crippen LogP contribution >= 0.6 is 0 Å². The Morgan fingerprint density at radius 2 is 1.89 bits per heavy atom. The Hall–Kier alpha value is -1.71. The van der Waals surface area contributed by atoms with Crippen LogP contribution in [0.5, 0.6) is 0 Å². The Morgan fingerprint density at radius 3 is 2.61 bits per heavy atom. The van der Waals surface area contributed by atoms with Crippen LogP contribution in [0.3, 0.4) is 0 Å². The molecule has 0 fully saturated rings. The molecule has 0 amide bonds. The Labute approximate surface area is 103 Å². The lowest BCUT2D eigenvalue weighted by molar-refractivity contribution is -0.136. The van der Waals surface area contributed by atoms with Crippen molar-refractivity contribution in [1.82, 2.24) is 0 Å². The zero-order chi connectivity index (χ0) is 12.9. The molecule has 0 bridgehead atoms. The van der Waals surface area contributed by atoms with E-state index in [0.717, 1.165) is 23.9 Å². The molecule has 1 aliphatic heterocycles. The van der Waals surface area contributed by atoms with Gasteiger partial charge in [-0.3, -0.25) is 0 Å². The van der Waals surface area contributed by atoms with Crippen molar-refractivity contribution in [3.8, 4) is 0 Å². The Bertz CT molecular complexity index is 616. The summed E-state index contributed by atoms with van der Waals surface area (Å²) in [5.41, 5.74) is 1.39. The molecular formula is C14H12F3N. The molecular weight excluding hydrogens is 239 g/mol. The van der Waals surface area contributed by atoms with Gasteiger partial charge < -0.3 is 5.32 Å². The van der Waals surface area contributed by atoms with Crippen molar-refractivity contribution in [3.63, 3.8) is 0 Å². The van der Waals surface area contributed by atoms with Crippen LogP contribution < -0.4 is 5.32 Å². The molecule has 0 aromatic heterocycles. The highest BCUT2D eigenvalue weighted by atomic mass is 19.4. The second-order valence-electron chi connectivity index (χ2n) is 4.71. The van der Waals surface area contributed by atoms with Gasteiger partial charge in [0, 0.05) is 23.5 Å². The second kappa shape index (κ2) is 3.64. The van der Waals surface area contributed by atoms with Gasteiger partial charge in [0.2, 0.25) is 0 Å². The van der Waals surface area contributed by atoms with E-state index in [1.807, 2.05) is 0 Å². The topological polar surface area (TPSA) is 12.0 Å². The molecule has 94 valence electrons. The summed E-state index contributed by atoms with van der Waals surface area (Å²) in [7, 11) is 0. The Balaban J connectivity index is 2.33. The number of fused-ring (bicyclic) bond motifs is 3. The third-order valence-electron chi connectivity index (χ3n) is 3.52. The highest BCUT2D eigenvalue weighted by Gasteiger charge is 2.33. The minimum atomic E-state index is -4.31. The molecule has 18 heavy (non-hydrogen) atoms. The summed E-state index contributed by atoms with van der Waals surface area (Å²) in [6, 6.07) is 7.73. The van der Waals surface area contributed by atoms with E-state index in [-0.39, 0.29) is 5.39 Å². The van der Waals surface area contributed by atoms with Gasteiger partial charge in [-0.1, -0.05) is 31.2 Å². The largest absolute Gasteiger partial charge is 0.417 e. The number of anilines is 1. The van der Waals surface area contributed by atoms with Crippen molar-refractivity contribution in [1.29, 1.82) is 0 Å². The maximum absolute atomic E-state index is 12.9. The molecule has 0 spiro atoms. The van der Waals surface area contributed by atoms with E-state index < -0.39 is 11.7 Å². The molecule has 0 saturated heterocycles. The highest BCUT2D eigenvalue weighted by molar-refractivity contribution is 5.98. The summed E-state index contributed by atoms with van der Waals surface area (Å²) >= 11 is 0. The highest BCUT2D eigenvalue weighted by Crippen LogP contribution is 2.41. The van der Waals surface area contributed by atoms with Crippen LogP contribution in [0.4, 0.5) is 18.9 Å². The van der Waals surface area contributed by atoms with Crippen LogP contribution in [-0.4, -0.2) is 6.54 Å². The summed E-state index contributed by atoms with van der Waals surface area (Å²) in [6.45, 7) is 2.85. The summed E-state index contributed by atoms with van der Waals surface area (Å²) < 4.78 is 38.8. The van der Waals surface area contributed by atoms with Crippen molar-refractivity contribution in [2.75, 3.05) is 11.9 Å². The van der Waals surface area contributed by atoms with E-state index in [9.17, 15) is 13.2 Å². The van der Waals surface area contributed by atoms with E-state index in [2.05, 4.69) is 12.2 Å². The lowest BCUT2D eigenvalue weighted by Crippen LogP contribution is -2.05. The van der Waals surface area contributed by atoms with Crippen LogP contribution in [0.2, 0.25) is 0 Å². The molecule has 0 radical (unpaired) electrons. The molecule has 2 aromatic rings. The van der Waals surface area contributed by atoms with Crippen molar-refractivity contribution in [2.45, 2.75) is 19.0 Å². The van der Waals surface area contributed by atoms with Gasteiger partial charge in [0.1, 0.15) is 0 Å². The fourth-order valence-corrected chi connectivity index (χ4v) is 2.59. The standard InChI is InChI=1S/C14H12F3N/c1-8-7-18-13-9(8)5-6-10-11(13)3-2-4-12(10)14(15,16)17/h2-6,8,18H,7H2,1H3. The molecule has 0 saturated carbocycles. The van der Waals surface area contributed by atoms with E-state index in [4.69, 9.17) is 0 Å². The second-order valence-corrected chi connectivity index (χ2v) is 4.71. The number of hydrogen-bond acceptors (Lipinski definition) is 1. The van der Waals surface area contributed by atoms with Gasteiger partial charge in [-0.05, 0) is 17.0 Å². The van der Waals surface area contributed by atoms with Gasteiger partial charge in [0.25, 0.3) is 0 Å². The lowest BCUT2D eigenvalue weighted by atomic mass is 9.96. The maximum Gasteiger partial charge on any atom is 0.417 e. The number of halogens is 3. The molecule has 1 nitrogen and oxygen atoms in total. The molecule has 2 aromatic carbocycles. The van der Waals surface area contributed by atoms with Gasteiger partial charge in [0.05, 0.1) is 5.56 Å². The number of benzene rings is 2. The average Bonchev–Trinajstić information content (AvgIpc) is 2.69. The quantitative estimate of drug-likeness (QED) is 0.732. The first kappa shape index (κ1) is 11.4. The van der Waals surface area contributed by atoms with Gasteiger partial charge >= 0.3 is 6.18 Å². The van der Waals surface area contributed by atoms with E-state index in [1.54, 1.807) is 18.2 Å². The summed E-state index contributed by atoms with van der Waals surface area (Å²) in [5.74, 6) is 0.346. The zero-order valence-electron chi connectivity index (χ0n) is 9.81. The molecule has 1 unspecified atom stereocenters. The molecule has 1 atom stereocenters. The van der Waals surface area contributed by atoms with Gasteiger partial charge in [-0.15, -0.1) is 0 Å². The predicted octanol–water partition coefficient (Wildman–Crippen LogP) is 4.39. The smallest absolute Gasteiger partial charge is 0.384 e. The monoisotopic (exact) mass is 251 g/mol. The van der Waals surface area contributed by atoms with Crippen LogP contribution in [0, 0.1) is 0 Å².